The van der Waals surface area contributed by atoms with Gasteiger partial charge in [0.1, 0.15) is 23.0 Å². The van der Waals surface area contributed by atoms with Crippen molar-refractivity contribution in [2.24, 2.45) is 0 Å². The number of benzene rings is 1. The first-order valence-corrected chi connectivity index (χ1v) is 10.7. The van der Waals surface area contributed by atoms with Crippen LogP contribution in [0.1, 0.15) is 30.0 Å². The van der Waals surface area contributed by atoms with Gasteiger partial charge in [0.2, 0.25) is 0 Å². The Bertz CT molecular complexity index is 1170. The molecule has 0 spiro atoms. The Balaban J connectivity index is 1.41. The average Bonchev–Trinajstić information content (AvgIpc) is 3.48. The molecule has 0 amide bonds. The summed E-state index contributed by atoms with van der Waals surface area (Å²) in [5.41, 5.74) is 1.45. The van der Waals surface area contributed by atoms with E-state index in [1.807, 2.05) is 42.0 Å². The molecule has 152 valence electrons. The highest BCUT2D eigenvalue weighted by Crippen LogP contribution is 2.34. The first-order chi connectivity index (χ1) is 14.6. The summed E-state index contributed by atoms with van der Waals surface area (Å²) in [6, 6.07) is 13.6. The lowest BCUT2D eigenvalue weighted by atomic mass is 10.1. The number of aromatic nitrogens is 3. The predicted molar refractivity (Wildman–Crippen MR) is 116 cm³/mol. The van der Waals surface area contributed by atoms with Gasteiger partial charge in [0, 0.05) is 18.8 Å². The molecule has 4 aromatic rings. The van der Waals surface area contributed by atoms with Crippen LogP contribution in [-0.4, -0.2) is 21.1 Å². The van der Waals surface area contributed by atoms with E-state index in [9.17, 15) is 0 Å². The third-order valence-corrected chi connectivity index (χ3v) is 5.81. The second-order valence-corrected chi connectivity index (χ2v) is 8.37. The highest BCUT2D eigenvalue weighted by molar-refractivity contribution is 7.19. The average molecular weight is 439 g/mol. The lowest BCUT2D eigenvalue weighted by Crippen LogP contribution is -1.98. The third kappa shape index (κ3) is 4.56. The van der Waals surface area contributed by atoms with Gasteiger partial charge in [-0.3, -0.25) is 4.57 Å². The van der Waals surface area contributed by atoms with Crippen LogP contribution in [0.15, 0.2) is 53.2 Å². The number of hydrogen-bond acceptors (Lipinski definition) is 6. The Kier molecular flexibility index (Phi) is 6.17. The fraction of sp³-hybridized carbons (Fsp3) is 0.227. The molecule has 0 saturated heterocycles. The van der Waals surface area contributed by atoms with E-state index in [4.69, 9.17) is 31.0 Å². The zero-order valence-corrected chi connectivity index (χ0v) is 17.9. The summed E-state index contributed by atoms with van der Waals surface area (Å²) in [5.74, 6) is 2.41. The highest BCUT2D eigenvalue weighted by Gasteiger charge is 2.18. The summed E-state index contributed by atoms with van der Waals surface area (Å²) in [4.78, 5) is 9.94. The molecule has 3 aromatic heterocycles. The van der Waals surface area contributed by atoms with E-state index in [1.54, 1.807) is 18.3 Å². The molecule has 0 aliphatic rings. The molecule has 0 bridgehead atoms. The minimum absolute atomic E-state index is 0.508. The van der Waals surface area contributed by atoms with Crippen molar-refractivity contribution in [1.82, 2.24) is 14.5 Å². The molecule has 1 aromatic carbocycles. The van der Waals surface area contributed by atoms with E-state index in [1.165, 1.54) is 11.3 Å². The Morgan fingerprint density at radius 3 is 2.70 bits per heavy atom. The van der Waals surface area contributed by atoms with Gasteiger partial charge in [0.25, 0.3) is 0 Å². The van der Waals surface area contributed by atoms with Gasteiger partial charge in [-0.05, 0) is 56.2 Å². The smallest absolute Gasteiger partial charge is 0.307 e. The number of nitrogens with zero attached hydrogens (tertiary/aromatic N) is 4. The normalized spacial score (nSPS) is 10.8. The van der Waals surface area contributed by atoms with Crippen molar-refractivity contribution in [1.29, 1.82) is 5.26 Å². The van der Waals surface area contributed by atoms with Crippen LogP contribution in [0, 0.1) is 18.3 Å². The Morgan fingerprint density at radius 2 is 2.03 bits per heavy atom. The number of thiophene rings is 1. The molecule has 0 fully saturated rings. The van der Waals surface area contributed by atoms with Crippen LogP contribution in [-0.2, 0) is 6.42 Å². The maximum absolute atomic E-state index is 8.85. The minimum atomic E-state index is 0.508. The van der Waals surface area contributed by atoms with Crippen molar-refractivity contribution in [3.63, 3.8) is 0 Å². The number of oxazole rings is 1. The molecule has 0 aliphatic heterocycles. The number of ether oxygens (including phenoxy) is 1. The number of rotatable bonds is 8. The Labute approximate surface area is 183 Å². The largest absolute Gasteiger partial charge is 0.494 e. The molecule has 0 aliphatic carbocycles. The van der Waals surface area contributed by atoms with Crippen LogP contribution >= 0.6 is 22.9 Å². The summed E-state index contributed by atoms with van der Waals surface area (Å²) in [7, 11) is 0. The van der Waals surface area contributed by atoms with E-state index in [2.05, 4.69) is 11.1 Å². The van der Waals surface area contributed by atoms with Crippen molar-refractivity contribution in [3.8, 4) is 28.4 Å². The molecule has 8 heteroatoms. The van der Waals surface area contributed by atoms with Gasteiger partial charge >= 0.3 is 6.01 Å². The monoisotopic (exact) mass is 438 g/mol. The highest BCUT2D eigenvalue weighted by atomic mass is 35.5. The summed E-state index contributed by atoms with van der Waals surface area (Å²) in [6.07, 6.45) is 6.05. The Hall–Kier alpha value is -3.08. The van der Waals surface area contributed by atoms with E-state index in [-0.39, 0.29) is 0 Å². The molecule has 3 heterocycles. The van der Waals surface area contributed by atoms with Crippen LogP contribution in [0.2, 0.25) is 4.34 Å². The van der Waals surface area contributed by atoms with Crippen molar-refractivity contribution in [3.05, 3.63) is 70.3 Å². The van der Waals surface area contributed by atoms with Crippen molar-refractivity contribution < 1.29 is 9.15 Å². The predicted octanol–water partition coefficient (Wildman–Crippen LogP) is 5.82. The first kappa shape index (κ1) is 20.2. The Morgan fingerprint density at radius 1 is 1.20 bits per heavy atom. The van der Waals surface area contributed by atoms with Crippen LogP contribution in [0.3, 0.4) is 0 Å². The van der Waals surface area contributed by atoms with Gasteiger partial charge < -0.3 is 9.15 Å². The molecule has 0 radical (unpaired) electrons. The van der Waals surface area contributed by atoms with Crippen LogP contribution < -0.4 is 4.74 Å². The molecule has 0 atom stereocenters. The molecule has 0 saturated carbocycles. The molecule has 0 unspecified atom stereocenters. The first-order valence-electron chi connectivity index (χ1n) is 9.53. The van der Waals surface area contributed by atoms with Gasteiger partial charge in [-0.15, -0.1) is 11.3 Å². The summed E-state index contributed by atoms with van der Waals surface area (Å²) in [5, 5.41) is 8.85. The fourth-order valence-corrected chi connectivity index (χ4v) is 4.08. The summed E-state index contributed by atoms with van der Waals surface area (Å²) in [6.45, 7) is 2.50. The number of imidazole rings is 1. The van der Waals surface area contributed by atoms with Crippen molar-refractivity contribution in [2.45, 2.75) is 26.2 Å². The number of aryl methyl sites for hydroxylation is 2. The molecular formula is C22H19ClN4O2S. The van der Waals surface area contributed by atoms with E-state index in [0.29, 0.717) is 18.2 Å². The maximum Gasteiger partial charge on any atom is 0.307 e. The second kappa shape index (κ2) is 9.16. The lowest BCUT2D eigenvalue weighted by Gasteiger charge is -2.05. The van der Waals surface area contributed by atoms with E-state index < -0.39 is 0 Å². The number of halogens is 1. The second-order valence-electron chi connectivity index (χ2n) is 6.66. The minimum Gasteiger partial charge on any atom is -0.494 e. The molecule has 6 nitrogen and oxygen atoms in total. The SMILES string of the molecule is Cc1nccn1-c1nc(-c2ccc(Cl)s2)c(CCCCOc2ccc(C#N)cc2)o1. The maximum atomic E-state index is 8.85. The van der Waals surface area contributed by atoms with Crippen LogP contribution in [0.25, 0.3) is 16.6 Å². The van der Waals surface area contributed by atoms with Gasteiger partial charge in [0.15, 0.2) is 0 Å². The zero-order chi connectivity index (χ0) is 20.9. The summed E-state index contributed by atoms with van der Waals surface area (Å²) < 4.78 is 14.4. The van der Waals surface area contributed by atoms with E-state index >= 15 is 0 Å². The number of unbranched alkanes of at least 4 members (excludes halogenated alkanes) is 1. The molecule has 30 heavy (non-hydrogen) atoms. The number of nitriles is 1. The lowest BCUT2D eigenvalue weighted by molar-refractivity contribution is 0.305. The van der Waals surface area contributed by atoms with Crippen LogP contribution in [0.4, 0.5) is 0 Å². The molecular weight excluding hydrogens is 420 g/mol. The van der Waals surface area contributed by atoms with Gasteiger partial charge in [-0.25, -0.2) is 4.98 Å². The fourth-order valence-electron chi connectivity index (χ4n) is 3.03. The molecule has 4 rings (SSSR count). The van der Waals surface area contributed by atoms with Crippen LogP contribution in [0.5, 0.6) is 5.75 Å². The molecule has 0 N–H and O–H groups in total. The zero-order valence-electron chi connectivity index (χ0n) is 16.3. The topological polar surface area (TPSA) is 76.9 Å². The third-order valence-electron chi connectivity index (χ3n) is 4.57. The standard InChI is InChI=1S/C22H19ClN4O2S/c1-15-25-11-12-27(15)22-26-21(19-9-10-20(23)30-19)18(29-22)4-2-3-13-28-17-7-5-16(14-24)6-8-17/h5-12H,2-4,13H2,1H3. The van der Waals surface area contributed by atoms with E-state index in [0.717, 1.165) is 51.5 Å². The quantitative estimate of drug-likeness (QED) is 0.324. The number of hydrogen-bond donors (Lipinski definition) is 0. The van der Waals surface area contributed by atoms with Gasteiger partial charge in [-0.1, -0.05) is 11.6 Å². The van der Waals surface area contributed by atoms with Crippen molar-refractivity contribution in [2.75, 3.05) is 6.61 Å². The van der Waals surface area contributed by atoms with Gasteiger partial charge in [-0.2, -0.15) is 10.2 Å². The van der Waals surface area contributed by atoms with Crippen molar-refractivity contribution >= 4 is 22.9 Å². The summed E-state index contributed by atoms with van der Waals surface area (Å²) >= 11 is 7.61. The van der Waals surface area contributed by atoms with Gasteiger partial charge in [0.05, 0.1) is 27.5 Å².